The minimum Gasteiger partial charge on any atom is -0.348 e. The van der Waals surface area contributed by atoms with Gasteiger partial charge in [-0.15, -0.1) is 0 Å². The van der Waals surface area contributed by atoms with E-state index < -0.39 is 10.0 Å². The number of sulfonamides is 1. The van der Waals surface area contributed by atoms with Gasteiger partial charge in [0.25, 0.3) is 0 Å². The zero-order chi connectivity index (χ0) is 16.4. The van der Waals surface area contributed by atoms with Crippen LogP contribution in [0.15, 0.2) is 30.5 Å². The van der Waals surface area contributed by atoms with Crippen LogP contribution in [0.5, 0.6) is 0 Å². The Bertz CT molecular complexity index is 774. The number of piperidine rings is 1. The third kappa shape index (κ3) is 4.13. The van der Waals surface area contributed by atoms with Gasteiger partial charge in [0.05, 0.1) is 6.26 Å². The van der Waals surface area contributed by atoms with Crippen LogP contribution in [-0.2, 0) is 23.1 Å². The third-order valence-corrected chi connectivity index (χ3v) is 5.31. The molecule has 3 rings (SSSR count). The second-order valence-electron chi connectivity index (χ2n) is 6.44. The molecule has 1 fully saturated rings. The number of rotatable bonds is 5. The van der Waals surface area contributed by atoms with E-state index >= 15 is 0 Å². The number of aryl methyl sites for hydroxylation is 1. The number of aromatic nitrogens is 1. The van der Waals surface area contributed by atoms with E-state index in [1.165, 1.54) is 22.7 Å². The Kier molecular flexibility index (Phi) is 4.75. The monoisotopic (exact) mass is 335 g/mol. The molecule has 0 bridgehead atoms. The maximum atomic E-state index is 11.3. The summed E-state index contributed by atoms with van der Waals surface area (Å²) < 4.78 is 27.6. The lowest BCUT2D eigenvalue weighted by atomic mass is 10.0. The maximum absolute atomic E-state index is 11.3. The molecule has 0 unspecified atom stereocenters. The van der Waals surface area contributed by atoms with Gasteiger partial charge in [-0.2, -0.15) is 0 Å². The molecule has 0 aliphatic carbocycles. The number of fused-ring (bicyclic) bond motifs is 1. The van der Waals surface area contributed by atoms with E-state index in [-0.39, 0.29) is 6.04 Å². The van der Waals surface area contributed by atoms with Crippen molar-refractivity contribution < 1.29 is 8.42 Å². The van der Waals surface area contributed by atoms with E-state index in [1.54, 1.807) is 0 Å². The van der Waals surface area contributed by atoms with Crippen LogP contribution in [0.3, 0.4) is 0 Å². The smallest absolute Gasteiger partial charge is 0.208 e. The Balaban J connectivity index is 1.62. The molecule has 6 heteroatoms. The summed E-state index contributed by atoms with van der Waals surface area (Å²) in [6, 6.07) is 8.91. The topological polar surface area (TPSA) is 54.3 Å². The Hall–Kier alpha value is -1.37. The molecule has 0 saturated carbocycles. The molecule has 0 radical (unpaired) electrons. The lowest BCUT2D eigenvalue weighted by Crippen LogP contribution is -2.43. The van der Waals surface area contributed by atoms with Crippen molar-refractivity contribution >= 4 is 20.9 Å². The van der Waals surface area contributed by atoms with Gasteiger partial charge in [-0.3, -0.25) is 4.90 Å². The van der Waals surface area contributed by atoms with E-state index in [0.717, 1.165) is 39.0 Å². The van der Waals surface area contributed by atoms with E-state index in [9.17, 15) is 8.42 Å². The summed E-state index contributed by atoms with van der Waals surface area (Å²) in [7, 11) is -3.10. The molecule has 1 aliphatic heterocycles. The molecule has 1 aliphatic rings. The van der Waals surface area contributed by atoms with Crippen molar-refractivity contribution in [3.8, 4) is 0 Å². The second-order valence-corrected chi connectivity index (χ2v) is 8.22. The van der Waals surface area contributed by atoms with Gasteiger partial charge in [0, 0.05) is 43.9 Å². The van der Waals surface area contributed by atoms with Crippen LogP contribution in [0.1, 0.15) is 25.3 Å². The predicted molar refractivity (Wildman–Crippen MR) is 93.9 cm³/mol. The van der Waals surface area contributed by atoms with Crippen LogP contribution in [0, 0.1) is 0 Å². The summed E-state index contributed by atoms with van der Waals surface area (Å²) in [6.07, 6.45) is 5.12. The first kappa shape index (κ1) is 16.5. The van der Waals surface area contributed by atoms with Gasteiger partial charge in [-0.05, 0) is 42.8 Å². The molecule has 1 saturated heterocycles. The van der Waals surface area contributed by atoms with Gasteiger partial charge in [0.15, 0.2) is 0 Å². The molecular weight excluding hydrogens is 310 g/mol. The zero-order valence-corrected chi connectivity index (χ0v) is 14.6. The molecule has 5 nitrogen and oxygen atoms in total. The summed E-state index contributed by atoms with van der Waals surface area (Å²) in [4.78, 5) is 2.40. The third-order valence-electron chi connectivity index (χ3n) is 4.55. The van der Waals surface area contributed by atoms with Crippen LogP contribution in [-0.4, -0.2) is 43.3 Å². The number of nitrogens with one attached hydrogen (secondary N) is 1. The maximum Gasteiger partial charge on any atom is 0.208 e. The second kappa shape index (κ2) is 6.63. The Morgan fingerprint density at radius 1 is 1.22 bits per heavy atom. The summed E-state index contributed by atoms with van der Waals surface area (Å²) in [5.74, 6) is 0. The predicted octanol–water partition coefficient (Wildman–Crippen LogP) is 2.17. The summed E-state index contributed by atoms with van der Waals surface area (Å²) in [5.41, 5.74) is 2.61. The molecule has 0 spiro atoms. The van der Waals surface area contributed by atoms with E-state index in [2.05, 4.69) is 51.6 Å². The Morgan fingerprint density at radius 3 is 2.61 bits per heavy atom. The number of likely N-dealkylation sites (tertiary alicyclic amines) is 1. The van der Waals surface area contributed by atoms with Gasteiger partial charge >= 0.3 is 0 Å². The SMILES string of the molecule is CCn1ccc2ccc(CN3CCC(NS(C)(=O)=O)CC3)cc21. The molecule has 1 N–H and O–H groups in total. The van der Waals surface area contributed by atoms with Crippen LogP contribution in [0.2, 0.25) is 0 Å². The van der Waals surface area contributed by atoms with Crippen molar-refractivity contribution in [3.05, 3.63) is 36.0 Å². The van der Waals surface area contributed by atoms with E-state index in [1.807, 2.05) is 0 Å². The van der Waals surface area contributed by atoms with Crippen molar-refractivity contribution in [2.45, 2.75) is 38.9 Å². The fraction of sp³-hybridized carbons (Fsp3) is 0.529. The molecule has 1 aromatic heterocycles. The quantitative estimate of drug-likeness (QED) is 0.911. The first-order chi connectivity index (χ1) is 10.9. The van der Waals surface area contributed by atoms with Gasteiger partial charge < -0.3 is 4.57 Å². The van der Waals surface area contributed by atoms with E-state index in [0.29, 0.717) is 0 Å². The lowest BCUT2D eigenvalue weighted by Gasteiger charge is -2.32. The molecule has 2 heterocycles. The largest absolute Gasteiger partial charge is 0.348 e. The van der Waals surface area contributed by atoms with Crippen LogP contribution in [0.4, 0.5) is 0 Å². The van der Waals surface area contributed by atoms with Crippen LogP contribution < -0.4 is 4.72 Å². The van der Waals surface area contributed by atoms with Gasteiger partial charge in [0.2, 0.25) is 10.0 Å². The fourth-order valence-corrected chi connectivity index (χ4v) is 4.21. The highest BCUT2D eigenvalue weighted by Gasteiger charge is 2.21. The average Bonchev–Trinajstić information content (AvgIpc) is 2.90. The molecular formula is C17H25N3O2S. The van der Waals surface area contributed by atoms with Gasteiger partial charge in [0.1, 0.15) is 0 Å². The first-order valence-electron chi connectivity index (χ1n) is 8.22. The lowest BCUT2D eigenvalue weighted by molar-refractivity contribution is 0.200. The summed E-state index contributed by atoms with van der Waals surface area (Å²) >= 11 is 0. The highest BCUT2D eigenvalue weighted by molar-refractivity contribution is 7.88. The van der Waals surface area contributed by atoms with Crippen molar-refractivity contribution in [2.24, 2.45) is 0 Å². The molecule has 23 heavy (non-hydrogen) atoms. The molecule has 2 aromatic rings. The van der Waals surface area contributed by atoms with Crippen molar-refractivity contribution in [1.29, 1.82) is 0 Å². The first-order valence-corrected chi connectivity index (χ1v) is 10.1. The molecule has 0 atom stereocenters. The van der Waals surface area contributed by atoms with Crippen LogP contribution in [0.25, 0.3) is 10.9 Å². The minimum atomic E-state index is -3.10. The highest BCUT2D eigenvalue weighted by Crippen LogP contribution is 2.20. The van der Waals surface area contributed by atoms with Crippen LogP contribution >= 0.6 is 0 Å². The minimum absolute atomic E-state index is 0.0843. The Labute approximate surface area is 138 Å². The van der Waals surface area contributed by atoms with Gasteiger partial charge in [-0.1, -0.05) is 12.1 Å². The molecule has 126 valence electrons. The summed E-state index contributed by atoms with van der Waals surface area (Å²) in [5, 5.41) is 1.28. The number of nitrogens with zero attached hydrogens (tertiary/aromatic N) is 2. The van der Waals surface area contributed by atoms with Crippen molar-refractivity contribution in [1.82, 2.24) is 14.2 Å². The van der Waals surface area contributed by atoms with E-state index in [4.69, 9.17) is 0 Å². The molecule has 0 amide bonds. The van der Waals surface area contributed by atoms with Crippen molar-refractivity contribution in [2.75, 3.05) is 19.3 Å². The van der Waals surface area contributed by atoms with Gasteiger partial charge in [-0.25, -0.2) is 13.1 Å². The summed E-state index contributed by atoms with van der Waals surface area (Å²) in [6.45, 7) is 5.93. The molecule has 1 aromatic carbocycles. The normalized spacial score (nSPS) is 17.8. The number of hydrogen-bond acceptors (Lipinski definition) is 3. The zero-order valence-electron chi connectivity index (χ0n) is 13.8. The number of hydrogen-bond donors (Lipinski definition) is 1. The van der Waals surface area contributed by atoms with Crippen molar-refractivity contribution in [3.63, 3.8) is 0 Å². The highest BCUT2D eigenvalue weighted by atomic mass is 32.2. The Morgan fingerprint density at radius 2 is 1.96 bits per heavy atom. The number of benzene rings is 1. The average molecular weight is 335 g/mol. The standard InChI is InChI=1S/C17H25N3O2S/c1-3-20-11-6-15-5-4-14(12-17(15)20)13-19-9-7-16(8-10-19)18-23(2,21)22/h4-6,11-12,16,18H,3,7-10,13H2,1-2H3. The fourth-order valence-electron chi connectivity index (χ4n) is 3.37.